The van der Waals surface area contributed by atoms with Gasteiger partial charge in [0.05, 0.1) is 0 Å². The van der Waals surface area contributed by atoms with Gasteiger partial charge in [-0.3, -0.25) is 0 Å². The first-order valence-corrected chi connectivity index (χ1v) is 2.87. The van der Waals surface area contributed by atoms with Crippen molar-refractivity contribution in [3.8, 4) is 0 Å². The second-order valence-corrected chi connectivity index (χ2v) is 2.17. The molecule has 0 aliphatic heterocycles. The van der Waals surface area contributed by atoms with Gasteiger partial charge in [-0.1, -0.05) is 0 Å². The van der Waals surface area contributed by atoms with Gasteiger partial charge in [0.1, 0.15) is 0 Å². The van der Waals surface area contributed by atoms with Crippen molar-refractivity contribution in [3.05, 3.63) is 0 Å². The molecule has 0 aliphatic rings. The van der Waals surface area contributed by atoms with Gasteiger partial charge in [0.2, 0.25) is 0 Å². The summed E-state index contributed by atoms with van der Waals surface area (Å²) < 4.78 is 50.4. The zero-order valence-corrected chi connectivity index (χ0v) is 4.74. The van der Waals surface area contributed by atoms with Crippen LogP contribution in [0.1, 0.15) is 0 Å². The van der Waals surface area contributed by atoms with Gasteiger partial charge in [-0.05, 0) is 0 Å². The van der Waals surface area contributed by atoms with Crippen molar-refractivity contribution < 1.29 is 27.0 Å². The molecule has 2 atom stereocenters. The molecule has 0 aliphatic carbocycles. The zero-order chi connectivity index (χ0) is 7.65. The number of hydrogen-bond acceptors (Lipinski definition) is 2. The largest absolute Gasteiger partial charge is 0.428 e. The van der Waals surface area contributed by atoms with Gasteiger partial charge in [-0.15, -0.1) is 0 Å². The van der Waals surface area contributed by atoms with E-state index in [4.69, 9.17) is 9.66 Å². The molecule has 0 heterocycles. The average Bonchev–Trinajstić information content (AvgIpc) is 1.62. The van der Waals surface area contributed by atoms with E-state index in [1.54, 1.807) is 0 Å². The summed E-state index contributed by atoms with van der Waals surface area (Å²) in [7, 11) is 0. The van der Waals surface area contributed by atoms with Gasteiger partial charge >= 0.3 is 6.18 Å². The Morgan fingerprint density at radius 3 is 1.78 bits per heavy atom. The van der Waals surface area contributed by atoms with E-state index in [1.807, 2.05) is 0 Å². The molecule has 2 N–H and O–H groups in total. The van der Waals surface area contributed by atoms with Crippen LogP contribution in [-0.4, -0.2) is 25.5 Å². The summed E-state index contributed by atoms with van der Waals surface area (Å²) in [6.45, 7) is 0. The lowest BCUT2D eigenvalue weighted by atomic mass is 10.7. The van der Waals surface area contributed by atoms with Crippen molar-refractivity contribution in [2.75, 3.05) is 0 Å². The Bertz CT molecular complexity index is 121. The fourth-order valence-electron chi connectivity index (χ4n) is 0.114. The zero-order valence-electron chi connectivity index (χ0n) is 3.92. The van der Waals surface area contributed by atoms with Crippen LogP contribution in [0.4, 0.5) is 13.2 Å². The number of alkyl halides is 3. The first kappa shape index (κ1) is 8.86. The molecule has 0 radical (unpaired) electrons. The molecule has 7 heteroatoms. The van der Waals surface area contributed by atoms with Crippen LogP contribution in [0.2, 0.25) is 0 Å². The smallest absolute Gasteiger partial charge is 0.370 e. The third-order valence-electron chi connectivity index (χ3n) is 0.471. The van der Waals surface area contributed by atoms with Crippen molar-refractivity contribution in [2.45, 2.75) is 11.6 Å². The molecule has 0 fully saturated rings. The molecule has 0 saturated carbocycles. The highest BCUT2D eigenvalue weighted by atomic mass is 32.2. The molecule has 0 amide bonds. The predicted octanol–water partition coefficient (Wildman–Crippen LogP) is 0.0888. The van der Waals surface area contributed by atoms with Gasteiger partial charge in [0.15, 0.2) is 11.1 Å². The van der Waals surface area contributed by atoms with Crippen molar-refractivity contribution in [1.29, 1.82) is 0 Å². The summed E-state index contributed by atoms with van der Waals surface area (Å²) in [5.74, 6) is 0. The van der Waals surface area contributed by atoms with E-state index in [1.165, 1.54) is 0 Å². The monoisotopic (exact) mass is 164 g/mol. The summed E-state index contributed by atoms with van der Waals surface area (Å²) >= 11 is -3.25. The lowest BCUT2D eigenvalue weighted by Crippen LogP contribution is -2.32. The predicted molar refractivity (Wildman–Crippen MR) is 22.8 cm³/mol. The van der Waals surface area contributed by atoms with Crippen LogP contribution in [0.25, 0.3) is 0 Å². The van der Waals surface area contributed by atoms with Crippen LogP contribution in [0.3, 0.4) is 0 Å². The number of aliphatic hydroxyl groups excluding tert-OH is 1. The van der Waals surface area contributed by atoms with Crippen LogP contribution in [-0.2, 0) is 11.1 Å². The molecule has 0 saturated heterocycles. The van der Waals surface area contributed by atoms with Gasteiger partial charge in [0, 0.05) is 0 Å². The summed E-state index contributed by atoms with van der Waals surface area (Å²) in [5.41, 5.74) is -3.16. The van der Waals surface area contributed by atoms with Crippen molar-refractivity contribution in [3.63, 3.8) is 0 Å². The van der Waals surface area contributed by atoms with Gasteiger partial charge < -0.3 is 9.66 Å². The van der Waals surface area contributed by atoms with E-state index in [0.717, 1.165) is 0 Å². The molecule has 0 rings (SSSR count). The molecule has 0 spiro atoms. The van der Waals surface area contributed by atoms with E-state index in [-0.39, 0.29) is 0 Å². The second kappa shape index (κ2) is 2.63. The standard InChI is InChI=1S/C2H3F3O3S/c3-2(4,5)1(6)9(7)8/h1,6H,(H,7,8). The Hall–Kier alpha value is -0.140. The second-order valence-electron chi connectivity index (χ2n) is 1.17. The number of halogens is 3. The van der Waals surface area contributed by atoms with Gasteiger partial charge in [-0.25, -0.2) is 4.21 Å². The topological polar surface area (TPSA) is 57.5 Å². The fraction of sp³-hybridized carbons (Fsp3) is 1.00. The van der Waals surface area contributed by atoms with Crippen LogP contribution in [0.15, 0.2) is 0 Å². The molecule has 9 heavy (non-hydrogen) atoms. The SMILES string of the molecule is O=S(O)C(O)C(F)(F)F. The minimum Gasteiger partial charge on any atom is -0.370 e. The maximum absolute atomic E-state index is 11.1. The number of aliphatic hydroxyl groups is 1. The normalized spacial score (nSPS) is 19.2. The van der Waals surface area contributed by atoms with Crippen LogP contribution >= 0.6 is 0 Å². The maximum Gasteiger partial charge on any atom is 0.428 e. The molecule has 0 aromatic rings. The molecule has 2 unspecified atom stereocenters. The molecular formula is C2H3F3O3S. The Balaban J connectivity index is 4.04. The first-order chi connectivity index (χ1) is 3.85. The minimum atomic E-state index is -5.01. The fourth-order valence-corrected chi connectivity index (χ4v) is 0.343. The van der Waals surface area contributed by atoms with E-state index in [9.17, 15) is 17.4 Å². The Labute approximate surface area is 50.8 Å². The lowest BCUT2D eigenvalue weighted by molar-refractivity contribution is -0.176. The molecule has 56 valence electrons. The van der Waals surface area contributed by atoms with Gasteiger partial charge in [-0.2, -0.15) is 13.2 Å². The van der Waals surface area contributed by atoms with E-state index >= 15 is 0 Å². The lowest BCUT2D eigenvalue weighted by Gasteiger charge is -2.08. The van der Waals surface area contributed by atoms with Crippen molar-refractivity contribution in [1.82, 2.24) is 0 Å². The summed E-state index contributed by atoms with van der Waals surface area (Å²) in [4.78, 5) is 0. The first-order valence-electron chi connectivity index (χ1n) is 1.70. The molecule has 0 bridgehead atoms. The van der Waals surface area contributed by atoms with E-state index in [0.29, 0.717) is 0 Å². The summed E-state index contributed by atoms with van der Waals surface area (Å²) in [6.07, 6.45) is -5.01. The minimum absolute atomic E-state index is 3.16. The Morgan fingerprint density at radius 2 is 1.78 bits per heavy atom. The Morgan fingerprint density at radius 1 is 1.44 bits per heavy atom. The summed E-state index contributed by atoms with van der Waals surface area (Å²) in [6, 6.07) is 0. The maximum atomic E-state index is 11.1. The third-order valence-corrected chi connectivity index (χ3v) is 1.12. The van der Waals surface area contributed by atoms with Crippen LogP contribution < -0.4 is 0 Å². The summed E-state index contributed by atoms with van der Waals surface area (Å²) in [5, 5.41) is 7.79. The van der Waals surface area contributed by atoms with Crippen molar-refractivity contribution >= 4 is 11.1 Å². The highest BCUT2D eigenvalue weighted by Gasteiger charge is 2.42. The van der Waals surface area contributed by atoms with Gasteiger partial charge in [0.25, 0.3) is 5.44 Å². The highest BCUT2D eigenvalue weighted by molar-refractivity contribution is 7.79. The molecule has 0 aromatic heterocycles. The molecule has 0 aromatic carbocycles. The average molecular weight is 164 g/mol. The number of rotatable bonds is 1. The van der Waals surface area contributed by atoms with Crippen LogP contribution in [0, 0.1) is 0 Å². The quantitative estimate of drug-likeness (QED) is 0.540. The van der Waals surface area contributed by atoms with Crippen molar-refractivity contribution in [2.24, 2.45) is 0 Å². The molecular weight excluding hydrogens is 161 g/mol. The Kier molecular flexibility index (Phi) is 2.59. The highest BCUT2D eigenvalue weighted by Crippen LogP contribution is 2.21. The van der Waals surface area contributed by atoms with Crippen LogP contribution in [0.5, 0.6) is 0 Å². The molecule has 3 nitrogen and oxygen atoms in total. The third kappa shape index (κ3) is 2.78. The van der Waals surface area contributed by atoms with E-state index in [2.05, 4.69) is 0 Å². The number of hydrogen-bond donors (Lipinski definition) is 2. The van der Waals surface area contributed by atoms with E-state index < -0.39 is 22.7 Å².